The number of hydrogen-bond donors (Lipinski definition) is 2. The van der Waals surface area contributed by atoms with Crippen LogP contribution in [0.4, 0.5) is 9.93 Å². The third-order valence-corrected chi connectivity index (χ3v) is 5.62. The quantitative estimate of drug-likeness (QED) is 0.605. The summed E-state index contributed by atoms with van der Waals surface area (Å²) in [7, 11) is 0. The number of ether oxygens (including phenoxy) is 1. The maximum absolute atomic E-state index is 12.4. The summed E-state index contributed by atoms with van der Waals surface area (Å²) < 4.78 is 5.80. The number of urea groups is 1. The first-order valence-electron chi connectivity index (χ1n) is 9.70. The minimum Gasteiger partial charge on any atom is -0.457 e. The molecule has 1 aliphatic rings. The summed E-state index contributed by atoms with van der Waals surface area (Å²) >= 11 is 1.37. The van der Waals surface area contributed by atoms with Crippen molar-refractivity contribution in [1.82, 2.24) is 15.6 Å². The first-order chi connectivity index (χ1) is 14.6. The molecule has 2 heterocycles. The number of anilines is 1. The van der Waals surface area contributed by atoms with Gasteiger partial charge in [-0.25, -0.2) is 9.78 Å². The number of rotatable bonds is 7. The second kappa shape index (κ2) is 8.96. The highest BCUT2D eigenvalue weighted by Gasteiger charge is 2.24. The zero-order chi connectivity index (χ0) is 20.9. The molecule has 1 aromatic heterocycles. The molecule has 1 saturated heterocycles. The summed E-state index contributed by atoms with van der Waals surface area (Å²) in [5.74, 6) is 1.40. The summed E-state index contributed by atoms with van der Waals surface area (Å²) in [5.41, 5.74) is 1.64. The van der Waals surface area contributed by atoms with E-state index in [2.05, 4.69) is 15.6 Å². The van der Waals surface area contributed by atoms with Crippen LogP contribution in [0.3, 0.4) is 0 Å². The number of thiazole rings is 1. The molecular formula is C22H22N4O3S. The van der Waals surface area contributed by atoms with Crippen molar-refractivity contribution in [2.45, 2.75) is 19.4 Å². The normalized spacial score (nSPS) is 14.3. The Balaban J connectivity index is 1.31. The summed E-state index contributed by atoms with van der Waals surface area (Å²) in [4.78, 5) is 30.2. The Kier molecular flexibility index (Phi) is 5.94. The molecule has 1 aliphatic heterocycles. The molecule has 1 atom stereocenters. The van der Waals surface area contributed by atoms with Crippen LogP contribution < -0.4 is 20.3 Å². The zero-order valence-electron chi connectivity index (χ0n) is 16.5. The van der Waals surface area contributed by atoms with Gasteiger partial charge >= 0.3 is 6.03 Å². The smallest absolute Gasteiger partial charge is 0.323 e. The Morgan fingerprint density at radius 3 is 2.63 bits per heavy atom. The lowest BCUT2D eigenvalue weighted by Crippen LogP contribution is -2.29. The first kappa shape index (κ1) is 19.9. The van der Waals surface area contributed by atoms with Gasteiger partial charge in [-0.3, -0.25) is 9.69 Å². The molecule has 8 heteroatoms. The van der Waals surface area contributed by atoms with Gasteiger partial charge in [-0.15, -0.1) is 11.3 Å². The third-order valence-electron chi connectivity index (χ3n) is 4.71. The Bertz CT molecular complexity index is 1020. The highest BCUT2D eigenvalue weighted by molar-refractivity contribution is 7.14. The van der Waals surface area contributed by atoms with Gasteiger partial charge in [0.15, 0.2) is 5.13 Å². The second-order valence-corrected chi connectivity index (χ2v) is 7.79. The number of nitrogens with zero attached hydrogens (tertiary/aromatic N) is 2. The Morgan fingerprint density at radius 2 is 1.93 bits per heavy atom. The van der Waals surface area contributed by atoms with E-state index in [1.807, 2.05) is 66.9 Å². The summed E-state index contributed by atoms with van der Waals surface area (Å²) in [6.07, 6.45) is 0.172. The Labute approximate surface area is 178 Å². The molecular weight excluding hydrogens is 400 g/mol. The highest BCUT2D eigenvalue weighted by Crippen LogP contribution is 2.24. The van der Waals surface area contributed by atoms with E-state index in [0.29, 0.717) is 23.9 Å². The van der Waals surface area contributed by atoms with Crippen molar-refractivity contribution in [2.75, 3.05) is 18.0 Å². The molecule has 4 rings (SSSR count). The van der Waals surface area contributed by atoms with Crippen LogP contribution in [0.15, 0.2) is 60.0 Å². The molecule has 7 nitrogen and oxygen atoms in total. The van der Waals surface area contributed by atoms with Crippen LogP contribution in [0.1, 0.15) is 24.2 Å². The predicted octanol–water partition coefficient (Wildman–Crippen LogP) is 3.88. The second-order valence-electron chi connectivity index (χ2n) is 6.96. The van der Waals surface area contributed by atoms with E-state index in [4.69, 9.17) is 4.74 Å². The number of para-hydroxylation sites is 1. The molecule has 1 fully saturated rings. The molecule has 0 saturated carbocycles. The van der Waals surface area contributed by atoms with Crippen molar-refractivity contribution < 1.29 is 14.3 Å². The summed E-state index contributed by atoms with van der Waals surface area (Å²) in [6.45, 7) is 3.14. The average Bonchev–Trinajstić information content (AvgIpc) is 3.37. The summed E-state index contributed by atoms with van der Waals surface area (Å²) in [6, 6.07) is 17.0. The fourth-order valence-corrected chi connectivity index (χ4v) is 3.99. The van der Waals surface area contributed by atoms with Gasteiger partial charge in [-0.1, -0.05) is 30.3 Å². The number of nitrogens with one attached hydrogen (secondary N) is 2. The summed E-state index contributed by atoms with van der Waals surface area (Å²) in [5, 5.41) is 8.18. The van der Waals surface area contributed by atoms with Crippen LogP contribution in [0.25, 0.3) is 0 Å². The van der Waals surface area contributed by atoms with E-state index in [-0.39, 0.29) is 24.4 Å². The van der Waals surface area contributed by atoms with E-state index in [1.54, 1.807) is 4.90 Å². The molecule has 0 radical (unpaired) electrons. The fourth-order valence-electron chi connectivity index (χ4n) is 3.15. The fraction of sp³-hybridized carbons (Fsp3) is 0.227. The van der Waals surface area contributed by atoms with Crippen molar-refractivity contribution in [3.8, 4) is 11.5 Å². The highest BCUT2D eigenvalue weighted by atomic mass is 32.1. The lowest BCUT2D eigenvalue weighted by Gasteiger charge is -2.15. The standard InChI is InChI=1S/C22H22N4O3S/c1-15(16-7-9-19(10-8-16)29-18-5-3-2-4-6-18)24-20(27)13-17-14-30-22(25-17)26-12-11-23-21(26)28/h2-10,14-15H,11-13H2,1H3,(H,23,28)(H,24,27). The van der Waals surface area contributed by atoms with Crippen molar-refractivity contribution in [3.63, 3.8) is 0 Å². The van der Waals surface area contributed by atoms with Crippen LogP contribution in [0.5, 0.6) is 11.5 Å². The molecule has 2 aromatic carbocycles. The monoisotopic (exact) mass is 422 g/mol. The van der Waals surface area contributed by atoms with Gasteiger partial charge in [-0.2, -0.15) is 0 Å². The number of carbonyl (C=O) groups excluding carboxylic acids is 2. The van der Waals surface area contributed by atoms with Gasteiger partial charge in [0.25, 0.3) is 0 Å². The molecule has 0 bridgehead atoms. The van der Waals surface area contributed by atoms with Crippen molar-refractivity contribution in [2.24, 2.45) is 0 Å². The minimum absolute atomic E-state index is 0.116. The largest absolute Gasteiger partial charge is 0.457 e. The molecule has 3 amide bonds. The SMILES string of the molecule is CC(NC(=O)Cc1csc(N2CCNC2=O)n1)c1ccc(Oc2ccccc2)cc1. The molecule has 0 spiro atoms. The maximum Gasteiger partial charge on any atom is 0.323 e. The van der Waals surface area contributed by atoms with Crippen molar-refractivity contribution in [1.29, 1.82) is 0 Å². The number of carbonyl (C=O) groups is 2. The van der Waals surface area contributed by atoms with Crippen LogP contribution in [-0.4, -0.2) is 30.0 Å². The molecule has 2 N–H and O–H groups in total. The van der Waals surface area contributed by atoms with E-state index in [1.165, 1.54) is 11.3 Å². The van der Waals surface area contributed by atoms with E-state index < -0.39 is 0 Å². The maximum atomic E-state index is 12.4. The number of benzene rings is 2. The number of hydrogen-bond acceptors (Lipinski definition) is 5. The van der Waals surface area contributed by atoms with Crippen molar-refractivity contribution in [3.05, 3.63) is 71.2 Å². The topological polar surface area (TPSA) is 83.6 Å². The first-order valence-corrected chi connectivity index (χ1v) is 10.6. The van der Waals surface area contributed by atoms with Crippen LogP contribution in [-0.2, 0) is 11.2 Å². The number of amides is 3. The van der Waals surface area contributed by atoms with Gasteiger partial charge in [0.05, 0.1) is 18.2 Å². The lowest BCUT2D eigenvalue weighted by molar-refractivity contribution is -0.121. The average molecular weight is 423 g/mol. The Hall–Kier alpha value is -3.39. The molecule has 3 aromatic rings. The van der Waals surface area contributed by atoms with Gasteiger partial charge in [0, 0.05) is 18.5 Å². The van der Waals surface area contributed by atoms with Crippen LogP contribution in [0.2, 0.25) is 0 Å². The molecule has 154 valence electrons. The molecule has 1 unspecified atom stereocenters. The molecule has 30 heavy (non-hydrogen) atoms. The zero-order valence-corrected chi connectivity index (χ0v) is 17.3. The van der Waals surface area contributed by atoms with E-state index in [9.17, 15) is 9.59 Å². The number of aromatic nitrogens is 1. The Morgan fingerprint density at radius 1 is 1.20 bits per heavy atom. The van der Waals surface area contributed by atoms with Gasteiger partial charge < -0.3 is 15.4 Å². The van der Waals surface area contributed by atoms with E-state index in [0.717, 1.165) is 17.1 Å². The van der Waals surface area contributed by atoms with Gasteiger partial charge in [0.2, 0.25) is 5.91 Å². The van der Waals surface area contributed by atoms with Gasteiger partial charge in [-0.05, 0) is 36.8 Å². The van der Waals surface area contributed by atoms with Gasteiger partial charge in [0.1, 0.15) is 11.5 Å². The minimum atomic E-state index is -0.147. The van der Waals surface area contributed by atoms with Crippen molar-refractivity contribution >= 4 is 28.4 Å². The molecule has 0 aliphatic carbocycles. The van der Waals surface area contributed by atoms with Crippen LogP contribution >= 0.6 is 11.3 Å². The van der Waals surface area contributed by atoms with Crippen LogP contribution in [0, 0.1) is 0 Å². The lowest BCUT2D eigenvalue weighted by atomic mass is 10.1. The third kappa shape index (κ3) is 4.77. The van der Waals surface area contributed by atoms with E-state index >= 15 is 0 Å². The predicted molar refractivity (Wildman–Crippen MR) is 116 cm³/mol.